The number of nitrogens with one attached hydrogen (secondary N) is 2. The lowest BCUT2D eigenvalue weighted by Gasteiger charge is -2.36. The summed E-state index contributed by atoms with van der Waals surface area (Å²) in [6.07, 6.45) is 5.16. The van der Waals surface area contributed by atoms with Crippen LogP contribution in [0.15, 0.2) is 24.3 Å². The van der Waals surface area contributed by atoms with Crippen LogP contribution in [0.4, 0.5) is 4.39 Å². The number of nitrogens with zero attached hydrogens (tertiary/aromatic N) is 1. The quantitative estimate of drug-likeness (QED) is 0.893. The SMILES string of the molecule is O=C(NC1CCNCC1)C1CCCCN1Cc1ccc(F)cc1. The van der Waals surface area contributed by atoms with E-state index in [9.17, 15) is 9.18 Å². The number of hydrogen-bond acceptors (Lipinski definition) is 3. The number of carbonyl (C=O) groups excluding carboxylic acids is 1. The van der Waals surface area contributed by atoms with Crippen LogP contribution in [0.25, 0.3) is 0 Å². The van der Waals surface area contributed by atoms with Gasteiger partial charge in [-0.25, -0.2) is 4.39 Å². The molecule has 3 rings (SSSR count). The van der Waals surface area contributed by atoms with Crippen molar-refractivity contribution >= 4 is 5.91 Å². The predicted molar refractivity (Wildman–Crippen MR) is 88.5 cm³/mol. The molecular formula is C18H26FN3O. The number of hydrogen-bond donors (Lipinski definition) is 2. The van der Waals surface area contributed by atoms with Gasteiger partial charge in [-0.2, -0.15) is 0 Å². The van der Waals surface area contributed by atoms with Crippen LogP contribution in [0.1, 0.15) is 37.7 Å². The van der Waals surface area contributed by atoms with E-state index in [-0.39, 0.29) is 17.8 Å². The molecule has 2 fully saturated rings. The van der Waals surface area contributed by atoms with E-state index in [4.69, 9.17) is 0 Å². The molecule has 0 saturated carbocycles. The monoisotopic (exact) mass is 319 g/mol. The third-order valence-corrected chi connectivity index (χ3v) is 4.90. The molecule has 0 bridgehead atoms. The number of rotatable bonds is 4. The molecule has 0 aliphatic carbocycles. The highest BCUT2D eigenvalue weighted by molar-refractivity contribution is 5.82. The van der Waals surface area contributed by atoms with Crippen molar-refractivity contribution in [2.24, 2.45) is 0 Å². The Bertz CT molecular complexity index is 514. The smallest absolute Gasteiger partial charge is 0.237 e. The van der Waals surface area contributed by atoms with Gasteiger partial charge in [-0.05, 0) is 63.0 Å². The first-order valence-electron chi connectivity index (χ1n) is 8.72. The number of amides is 1. The average Bonchev–Trinajstić information content (AvgIpc) is 2.58. The van der Waals surface area contributed by atoms with Crippen LogP contribution in [0.5, 0.6) is 0 Å². The van der Waals surface area contributed by atoms with Crippen LogP contribution < -0.4 is 10.6 Å². The first kappa shape index (κ1) is 16.4. The van der Waals surface area contributed by atoms with Gasteiger partial charge < -0.3 is 10.6 Å². The summed E-state index contributed by atoms with van der Waals surface area (Å²) in [4.78, 5) is 14.9. The summed E-state index contributed by atoms with van der Waals surface area (Å²) in [6, 6.07) is 6.85. The minimum Gasteiger partial charge on any atom is -0.352 e. The first-order chi connectivity index (χ1) is 11.2. The van der Waals surface area contributed by atoms with E-state index in [2.05, 4.69) is 15.5 Å². The fourth-order valence-electron chi connectivity index (χ4n) is 3.57. The normalized spacial score (nSPS) is 23.6. The van der Waals surface area contributed by atoms with E-state index in [1.807, 2.05) is 12.1 Å². The van der Waals surface area contributed by atoms with Crippen molar-refractivity contribution in [3.8, 4) is 0 Å². The Kier molecular flexibility index (Phi) is 5.62. The third-order valence-electron chi connectivity index (χ3n) is 4.90. The van der Waals surface area contributed by atoms with Gasteiger partial charge in [0.15, 0.2) is 0 Å². The van der Waals surface area contributed by atoms with Crippen LogP contribution >= 0.6 is 0 Å². The Labute approximate surface area is 137 Å². The van der Waals surface area contributed by atoms with Gasteiger partial charge in [0.25, 0.3) is 0 Å². The van der Waals surface area contributed by atoms with Crippen molar-refractivity contribution in [3.05, 3.63) is 35.6 Å². The van der Waals surface area contributed by atoms with E-state index >= 15 is 0 Å². The third kappa shape index (κ3) is 4.52. The molecule has 1 unspecified atom stereocenters. The molecule has 1 aromatic carbocycles. The Hall–Kier alpha value is -1.46. The van der Waals surface area contributed by atoms with Gasteiger partial charge in [0.2, 0.25) is 5.91 Å². The topological polar surface area (TPSA) is 44.4 Å². The minimum atomic E-state index is -0.215. The molecule has 4 nitrogen and oxygen atoms in total. The van der Waals surface area contributed by atoms with Crippen molar-refractivity contribution in [1.29, 1.82) is 0 Å². The van der Waals surface area contributed by atoms with E-state index in [0.717, 1.165) is 57.3 Å². The minimum absolute atomic E-state index is 0.0521. The van der Waals surface area contributed by atoms with Gasteiger partial charge in [0.05, 0.1) is 6.04 Å². The zero-order chi connectivity index (χ0) is 16.1. The fraction of sp³-hybridized carbons (Fsp3) is 0.611. The lowest BCUT2D eigenvalue weighted by molar-refractivity contribution is -0.128. The maximum absolute atomic E-state index is 13.0. The molecular weight excluding hydrogens is 293 g/mol. The van der Waals surface area contributed by atoms with E-state index in [0.29, 0.717) is 12.6 Å². The lowest BCUT2D eigenvalue weighted by atomic mass is 9.99. The Morgan fingerprint density at radius 2 is 1.91 bits per heavy atom. The lowest BCUT2D eigenvalue weighted by Crippen LogP contribution is -2.53. The second kappa shape index (κ2) is 7.88. The van der Waals surface area contributed by atoms with Crippen molar-refractivity contribution in [3.63, 3.8) is 0 Å². The van der Waals surface area contributed by atoms with Gasteiger partial charge in [-0.15, -0.1) is 0 Å². The van der Waals surface area contributed by atoms with E-state index in [1.165, 1.54) is 12.1 Å². The van der Waals surface area contributed by atoms with Gasteiger partial charge in [0, 0.05) is 12.6 Å². The van der Waals surface area contributed by atoms with Gasteiger partial charge >= 0.3 is 0 Å². The van der Waals surface area contributed by atoms with Crippen LogP contribution in [0.3, 0.4) is 0 Å². The summed E-state index contributed by atoms with van der Waals surface area (Å²) in [7, 11) is 0. The van der Waals surface area contributed by atoms with Crippen LogP contribution in [-0.4, -0.2) is 42.5 Å². The molecule has 23 heavy (non-hydrogen) atoms. The summed E-state index contributed by atoms with van der Waals surface area (Å²) in [6.45, 7) is 3.61. The van der Waals surface area contributed by atoms with Crippen LogP contribution in [0.2, 0.25) is 0 Å². The van der Waals surface area contributed by atoms with Crippen molar-refractivity contribution in [1.82, 2.24) is 15.5 Å². The Morgan fingerprint density at radius 1 is 1.17 bits per heavy atom. The van der Waals surface area contributed by atoms with Crippen molar-refractivity contribution in [2.45, 2.75) is 50.7 Å². The Morgan fingerprint density at radius 3 is 2.65 bits per heavy atom. The molecule has 2 saturated heterocycles. The molecule has 2 aliphatic rings. The number of carbonyl (C=O) groups is 1. The first-order valence-corrected chi connectivity index (χ1v) is 8.72. The van der Waals surface area contributed by atoms with Crippen LogP contribution in [-0.2, 0) is 11.3 Å². The van der Waals surface area contributed by atoms with E-state index < -0.39 is 0 Å². The molecule has 1 amide bonds. The molecule has 0 aromatic heterocycles. The second-order valence-electron chi connectivity index (χ2n) is 6.64. The van der Waals surface area contributed by atoms with Gasteiger partial charge in [0.1, 0.15) is 5.82 Å². The van der Waals surface area contributed by atoms with Crippen LogP contribution in [0, 0.1) is 5.82 Å². The highest BCUT2D eigenvalue weighted by Crippen LogP contribution is 2.20. The summed E-state index contributed by atoms with van der Waals surface area (Å²) in [5, 5.41) is 6.55. The average molecular weight is 319 g/mol. The number of benzene rings is 1. The zero-order valence-electron chi connectivity index (χ0n) is 13.6. The summed E-state index contributed by atoms with van der Waals surface area (Å²) in [5.74, 6) is -0.0497. The van der Waals surface area contributed by atoms with Gasteiger partial charge in [-0.1, -0.05) is 18.6 Å². The molecule has 0 radical (unpaired) electrons. The standard InChI is InChI=1S/C18H26FN3O/c19-15-6-4-14(5-7-15)13-22-12-2-1-3-17(22)18(23)21-16-8-10-20-11-9-16/h4-7,16-17,20H,1-3,8-13H2,(H,21,23). The highest BCUT2D eigenvalue weighted by Gasteiger charge is 2.30. The summed E-state index contributed by atoms with van der Waals surface area (Å²) in [5.41, 5.74) is 1.06. The number of halogens is 1. The maximum atomic E-state index is 13.0. The van der Waals surface area contributed by atoms with Crippen molar-refractivity contribution in [2.75, 3.05) is 19.6 Å². The molecule has 1 aromatic rings. The highest BCUT2D eigenvalue weighted by atomic mass is 19.1. The second-order valence-corrected chi connectivity index (χ2v) is 6.64. The zero-order valence-corrected chi connectivity index (χ0v) is 13.6. The number of piperidine rings is 2. The molecule has 2 N–H and O–H groups in total. The Balaban J connectivity index is 1.60. The fourth-order valence-corrected chi connectivity index (χ4v) is 3.57. The molecule has 5 heteroatoms. The molecule has 0 spiro atoms. The van der Waals surface area contributed by atoms with Crippen molar-refractivity contribution < 1.29 is 9.18 Å². The van der Waals surface area contributed by atoms with Gasteiger partial charge in [-0.3, -0.25) is 9.69 Å². The molecule has 1 atom stereocenters. The summed E-state index contributed by atoms with van der Waals surface area (Å²) < 4.78 is 13.0. The van der Waals surface area contributed by atoms with E-state index in [1.54, 1.807) is 0 Å². The molecule has 2 heterocycles. The maximum Gasteiger partial charge on any atom is 0.237 e. The number of likely N-dealkylation sites (tertiary alicyclic amines) is 1. The summed E-state index contributed by atoms with van der Waals surface area (Å²) >= 11 is 0. The molecule has 2 aliphatic heterocycles. The largest absolute Gasteiger partial charge is 0.352 e. The predicted octanol–water partition coefficient (Wildman–Crippen LogP) is 2.05. The molecule has 126 valence electrons.